The first-order valence-electron chi connectivity index (χ1n) is 5.85. The number of hydrogen-bond acceptors (Lipinski definition) is 5. The lowest BCUT2D eigenvalue weighted by Crippen LogP contribution is -2.41. The minimum atomic E-state index is -3.88. The first kappa shape index (κ1) is 14.8. The van der Waals surface area contributed by atoms with Crippen molar-refractivity contribution in [2.45, 2.75) is 4.90 Å². The predicted molar refractivity (Wildman–Crippen MR) is 76.7 cm³/mol. The molecule has 1 amide bonds. The molecule has 0 saturated carbocycles. The van der Waals surface area contributed by atoms with Crippen LogP contribution in [-0.4, -0.2) is 19.4 Å². The van der Waals surface area contributed by atoms with Crippen LogP contribution in [-0.2, 0) is 10.0 Å². The molecule has 21 heavy (non-hydrogen) atoms. The molecule has 0 saturated heterocycles. The average molecular weight is 307 g/mol. The summed E-state index contributed by atoms with van der Waals surface area (Å²) < 4.78 is 23.9. The number of nitrogens with one attached hydrogen (secondary N) is 2. The van der Waals surface area contributed by atoms with Crippen molar-refractivity contribution in [3.05, 3.63) is 54.1 Å². The SMILES string of the molecule is Nc1ccc(S(=O)(=O)NNC(=O)c2ccc(O)cc2)cc1. The normalized spacial score (nSPS) is 11.0. The highest BCUT2D eigenvalue weighted by molar-refractivity contribution is 7.89. The number of aromatic hydroxyl groups is 1. The number of carbonyl (C=O) groups is 1. The van der Waals surface area contributed by atoms with Crippen molar-refractivity contribution in [2.24, 2.45) is 0 Å². The van der Waals surface area contributed by atoms with E-state index in [2.05, 4.69) is 5.43 Å². The molecule has 5 N–H and O–H groups in total. The maximum Gasteiger partial charge on any atom is 0.266 e. The Hall–Kier alpha value is -2.58. The molecule has 2 rings (SSSR count). The van der Waals surface area contributed by atoms with E-state index in [1.54, 1.807) is 0 Å². The van der Waals surface area contributed by atoms with Gasteiger partial charge >= 0.3 is 0 Å². The summed E-state index contributed by atoms with van der Waals surface area (Å²) in [6.07, 6.45) is 0. The number of phenolic OH excluding ortho intramolecular Hbond substituents is 1. The maximum absolute atomic E-state index is 11.9. The van der Waals surface area contributed by atoms with E-state index in [-0.39, 0.29) is 16.2 Å². The average Bonchev–Trinajstić information content (AvgIpc) is 2.46. The number of phenols is 1. The Morgan fingerprint density at radius 1 is 1.00 bits per heavy atom. The van der Waals surface area contributed by atoms with Gasteiger partial charge in [0.15, 0.2) is 0 Å². The molecule has 0 atom stereocenters. The number of rotatable bonds is 4. The molecule has 0 unspecified atom stereocenters. The summed E-state index contributed by atoms with van der Waals surface area (Å²) in [4.78, 5) is 13.7. The van der Waals surface area contributed by atoms with E-state index >= 15 is 0 Å². The van der Waals surface area contributed by atoms with Gasteiger partial charge < -0.3 is 10.8 Å². The van der Waals surface area contributed by atoms with E-state index in [4.69, 9.17) is 10.8 Å². The van der Waals surface area contributed by atoms with E-state index < -0.39 is 15.9 Å². The van der Waals surface area contributed by atoms with Crippen LogP contribution in [0.25, 0.3) is 0 Å². The molecule has 2 aromatic rings. The molecular formula is C13H13N3O4S. The molecule has 8 heteroatoms. The van der Waals surface area contributed by atoms with Crippen molar-refractivity contribution >= 4 is 21.6 Å². The van der Waals surface area contributed by atoms with Crippen molar-refractivity contribution in [3.8, 4) is 5.75 Å². The Kier molecular flexibility index (Phi) is 4.10. The monoisotopic (exact) mass is 307 g/mol. The number of anilines is 1. The van der Waals surface area contributed by atoms with Crippen molar-refractivity contribution in [2.75, 3.05) is 5.73 Å². The van der Waals surface area contributed by atoms with E-state index in [9.17, 15) is 13.2 Å². The Labute approximate surface area is 121 Å². The summed E-state index contributed by atoms with van der Waals surface area (Å²) in [5, 5.41) is 9.12. The fourth-order valence-corrected chi connectivity index (χ4v) is 2.34. The van der Waals surface area contributed by atoms with Crippen LogP contribution in [0.4, 0.5) is 5.69 Å². The molecule has 0 bridgehead atoms. The minimum absolute atomic E-state index is 0.00834. The van der Waals surface area contributed by atoms with Crippen LogP contribution in [0.15, 0.2) is 53.4 Å². The number of nitrogen functional groups attached to an aromatic ring is 1. The van der Waals surface area contributed by atoms with Crippen LogP contribution >= 0.6 is 0 Å². The molecular weight excluding hydrogens is 294 g/mol. The van der Waals surface area contributed by atoms with Crippen LogP contribution in [0.5, 0.6) is 5.75 Å². The van der Waals surface area contributed by atoms with Crippen LogP contribution in [0.3, 0.4) is 0 Å². The van der Waals surface area contributed by atoms with Crippen molar-refractivity contribution in [3.63, 3.8) is 0 Å². The molecule has 0 radical (unpaired) electrons. The Morgan fingerprint density at radius 3 is 2.14 bits per heavy atom. The molecule has 110 valence electrons. The molecule has 7 nitrogen and oxygen atoms in total. The van der Waals surface area contributed by atoms with Gasteiger partial charge in [0.1, 0.15) is 5.75 Å². The van der Waals surface area contributed by atoms with Gasteiger partial charge in [-0.05, 0) is 48.5 Å². The Morgan fingerprint density at radius 2 is 1.57 bits per heavy atom. The zero-order valence-electron chi connectivity index (χ0n) is 10.8. The van der Waals surface area contributed by atoms with Gasteiger partial charge in [0.25, 0.3) is 15.9 Å². The first-order chi connectivity index (χ1) is 9.88. The van der Waals surface area contributed by atoms with Gasteiger partial charge in [-0.1, -0.05) is 0 Å². The smallest absolute Gasteiger partial charge is 0.266 e. The fraction of sp³-hybridized carbons (Fsp3) is 0. The third-order valence-electron chi connectivity index (χ3n) is 2.62. The van der Waals surface area contributed by atoms with E-state index in [0.717, 1.165) is 0 Å². The second-order valence-electron chi connectivity index (χ2n) is 4.18. The van der Waals surface area contributed by atoms with Gasteiger partial charge in [0, 0.05) is 11.3 Å². The fourth-order valence-electron chi connectivity index (χ4n) is 1.50. The van der Waals surface area contributed by atoms with Crippen LogP contribution in [0.2, 0.25) is 0 Å². The highest BCUT2D eigenvalue weighted by Crippen LogP contribution is 2.11. The van der Waals surface area contributed by atoms with Gasteiger partial charge in [-0.25, -0.2) is 8.42 Å². The van der Waals surface area contributed by atoms with Gasteiger partial charge in [-0.3, -0.25) is 10.2 Å². The Bertz CT molecular complexity index is 740. The number of hydrazine groups is 1. The molecule has 0 heterocycles. The van der Waals surface area contributed by atoms with Crippen LogP contribution in [0, 0.1) is 0 Å². The summed E-state index contributed by atoms with van der Waals surface area (Å²) in [6.45, 7) is 0. The summed E-state index contributed by atoms with van der Waals surface area (Å²) in [5.74, 6) is -0.636. The number of amides is 1. The zero-order valence-corrected chi connectivity index (χ0v) is 11.6. The molecule has 2 aromatic carbocycles. The highest BCUT2D eigenvalue weighted by atomic mass is 32.2. The molecule has 0 aliphatic rings. The van der Waals surface area contributed by atoms with Crippen molar-refractivity contribution in [1.82, 2.24) is 10.3 Å². The molecule has 0 spiro atoms. The number of benzene rings is 2. The third kappa shape index (κ3) is 3.71. The van der Waals surface area contributed by atoms with Crippen LogP contribution in [0.1, 0.15) is 10.4 Å². The zero-order chi connectivity index (χ0) is 15.5. The second-order valence-corrected chi connectivity index (χ2v) is 5.86. The second kappa shape index (κ2) is 5.81. The molecule has 0 aliphatic heterocycles. The lowest BCUT2D eigenvalue weighted by molar-refractivity contribution is 0.0945. The van der Waals surface area contributed by atoms with E-state index in [1.165, 1.54) is 48.5 Å². The minimum Gasteiger partial charge on any atom is -0.508 e. The summed E-state index contributed by atoms with van der Waals surface area (Å²) >= 11 is 0. The first-order valence-corrected chi connectivity index (χ1v) is 7.33. The molecule has 0 aliphatic carbocycles. The van der Waals surface area contributed by atoms with Gasteiger partial charge in [-0.2, -0.15) is 0 Å². The number of sulfonamides is 1. The molecule has 0 aromatic heterocycles. The van der Waals surface area contributed by atoms with E-state index in [1.807, 2.05) is 4.83 Å². The largest absolute Gasteiger partial charge is 0.508 e. The highest BCUT2D eigenvalue weighted by Gasteiger charge is 2.15. The molecule has 0 fully saturated rings. The summed E-state index contributed by atoms with van der Waals surface area (Å²) in [5.41, 5.74) is 8.19. The Balaban J connectivity index is 2.06. The lowest BCUT2D eigenvalue weighted by Gasteiger charge is -2.08. The van der Waals surface area contributed by atoms with E-state index in [0.29, 0.717) is 5.69 Å². The lowest BCUT2D eigenvalue weighted by atomic mass is 10.2. The quantitative estimate of drug-likeness (QED) is 0.487. The van der Waals surface area contributed by atoms with Gasteiger partial charge in [0.2, 0.25) is 0 Å². The maximum atomic E-state index is 11.9. The van der Waals surface area contributed by atoms with Crippen LogP contribution < -0.4 is 16.0 Å². The van der Waals surface area contributed by atoms with Gasteiger partial charge in [-0.15, -0.1) is 4.83 Å². The topological polar surface area (TPSA) is 122 Å². The number of nitrogens with two attached hydrogens (primary N) is 1. The summed E-state index contributed by atoms with van der Waals surface area (Å²) in [6, 6.07) is 10.9. The number of hydrogen-bond donors (Lipinski definition) is 4. The number of carbonyl (C=O) groups excluding carboxylic acids is 1. The third-order valence-corrected chi connectivity index (χ3v) is 3.88. The standard InChI is InChI=1S/C13H13N3O4S/c14-10-3-7-12(8-4-10)21(19,20)16-15-13(18)9-1-5-11(17)6-2-9/h1-8,16-17H,14H2,(H,15,18). The predicted octanol–water partition coefficient (Wildman–Crippen LogP) is 0.598. The summed E-state index contributed by atoms with van der Waals surface area (Å²) in [7, 11) is -3.88. The van der Waals surface area contributed by atoms with Crippen molar-refractivity contribution in [1.29, 1.82) is 0 Å². The van der Waals surface area contributed by atoms with Gasteiger partial charge in [0.05, 0.1) is 4.90 Å². The van der Waals surface area contributed by atoms with Crippen molar-refractivity contribution < 1.29 is 18.3 Å².